The number of aryl methyl sites for hydroxylation is 1. The molecular weight excluding hydrogens is 384 g/mol. The van der Waals surface area contributed by atoms with Crippen molar-refractivity contribution in [1.29, 1.82) is 5.26 Å². The molecule has 0 radical (unpaired) electrons. The van der Waals surface area contributed by atoms with Crippen LogP contribution in [0.2, 0.25) is 0 Å². The first-order valence-corrected chi connectivity index (χ1v) is 11.2. The van der Waals surface area contributed by atoms with Crippen molar-refractivity contribution in [1.82, 2.24) is 14.5 Å². The molecule has 158 valence electrons. The summed E-state index contributed by atoms with van der Waals surface area (Å²) >= 11 is 0. The minimum atomic E-state index is -0.233. The van der Waals surface area contributed by atoms with Crippen molar-refractivity contribution in [2.45, 2.75) is 44.4 Å². The molecule has 0 aliphatic carbocycles. The topological polar surface area (TPSA) is 54.1 Å². The molecule has 0 amide bonds. The molecule has 0 saturated carbocycles. The summed E-state index contributed by atoms with van der Waals surface area (Å²) in [4.78, 5) is 7.40. The minimum absolute atomic E-state index is 0.209. The average molecular weight is 413 g/mol. The number of rotatable bonds is 4. The van der Waals surface area contributed by atoms with Gasteiger partial charge in [0.15, 0.2) is 0 Å². The lowest BCUT2D eigenvalue weighted by Gasteiger charge is -2.32. The van der Waals surface area contributed by atoms with Crippen molar-refractivity contribution >= 4 is 0 Å². The summed E-state index contributed by atoms with van der Waals surface area (Å²) in [6.07, 6.45) is 3.57. The number of ether oxygens (including phenoxy) is 1. The quantitative estimate of drug-likeness (QED) is 0.647. The molecular formula is C26H28N4O. The number of aromatic nitrogens is 2. The van der Waals surface area contributed by atoms with Crippen LogP contribution < -0.4 is 0 Å². The Balaban J connectivity index is 1.55. The second-order valence-electron chi connectivity index (χ2n) is 8.66. The highest BCUT2D eigenvalue weighted by Crippen LogP contribution is 2.35. The Hall–Kier alpha value is -2.94. The monoisotopic (exact) mass is 412 g/mol. The average Bonchev–Trinajstić information content (AvgIpc) is 3.07. The van der Waals surface area contributed by atoms with Crippen LogP contribution in [0.5, 0.6) is 0 Å². The third-order valence-corrected chi connectivity index (χ3v) is 6.56. The molecule has 0 bridgehead atoms. The number of nitriles is 1. The predicted molar refractivity (Wildman–Crippen MR) is 120 cm³/mol. The van der Waals surface area contributed by atoms with E-state index in [1.165, 1.54) is 16.7 Å². The Kier molecular flexibility index (Phi) is 5.59. The molecule has 1 saturated heterocycles. The van der Waals surface area contributed by atoms with Gasteiger partial charge >= 0.3 is 0 Å². The summed E-state index contributed by atoms with van der Waals surface area (Å²) in [5.41, 5.74) is 5.17. The molecule has 5 nitrogen and oxygen atoms in total. The lowest BCUT2D eigenvalue weighted by molar-refractivity contribution is -0.0276. The number of benzene rings is 2. The van der Waals surface area contributed by atoms with Gasteiger partial charge in [-0.1, -0.05) is 54.6 Å². The van der Waals surface area contributed by atoms with E-state index in [1.807, 2.05) is 18.2 Å². The third kappa shape index (κ3) is 4.01. The Bertz CT molecular complexity index is 1090. The fraction of sp³-hybridized carbons (Fsp3) is 0.385. The van der Waals surface area contributed by atoms with Crippen molar-refractivity contribution < 1.29 is 4.74 Å². The molecule has 1 aromatic heterocycles. The highest BCUT2D eigenvalue weighted by molar-refractivity contribution is 5.40. The van der Waals surface area contributed by atoms with Gasteiger partial charge in [-0.25, -0.2) is 4.98 Å². The molecule has 5 heteroatoms. The number of likely N-dealkylation sites (tertiary alicyclic amines) is 1. The minimum Gasteiger partial charge on any atom is -0.362 e. The highest BCUT2D eigenvalue weighted by Gasteiger charge is 2.32. The van der Waals surface area contributed by atoms with Crippen LogP contribution in [-0.4, -0.2) is 40.7 Å². The van der Waals surface area contributed by atoms with Gasteiger partial charge in [-0.3, -0.25) is 0 Å². The SMILES string of the molecule is CN1CCC(OC2c3ccccc3CCn3c2nc(Cc2ccccc2)c3C#N)CC1. The predicted octanol–water partition coefficient (Wildman–Crippen LogP) is 4.10. The van der Waals surface area contributed by atoms with Gasteiger partial charge in [-0.05, 0) is 43.0 Å². The zero-order chi connectivity index (χ0) is 21.2. The van der Waals surface area contributed by atoms with E-state index in [2.05, 4.69) is 59.0 Å². The van der Waals surface area contributed by atoms with E-state index in [4.69, 9.17) is 9.72 Å². The highest BCUT2D eigenvalue weighted by atomic mass is 16.5. The number of imidazole rings is 1. The molecule has 3 aromatic rings. The largest absolute Gasteiger partial charge is 0.362 e. The van der Waals surface area contributed by atoms with Crippen molar-refractivity contribution in [2.24, 2.45) is 0 Å². The molecule has 2 aliphatic heterocycles. The number of hydrogen-bond donors (Lipinski definition) is 0. The Labute approximate surface area is 183 Å². The van der Waals surface area contributed by atoms with Crippen LogP contribution in [0.4, 0.5) is 0 Å². The van der Waals surface area contributed by atoms with Gasteiger partial charge < -0.3 is 14.2 Å². The Morgan fingerprint density at radius 1 is 1.03 bits per heavy atom. The first kappa shape index (κ1) is 20.0. The normalized spacial score (nSPS) is 19.3. The van der Waals surface area contributed by atoms with Crippen molar-refractivity contribution in [2.75, 3.05) is 20.1 Å². The summed E-state index contributed by atoms with van der Waals surface area (Å²) in [6.45, 7) is 2.86. The third-order valence-electron chi connectivity index (χ3n) is 6.56. The van der Waals surface area contributed by atoms with Crippen LogP contribution in [0.3, 0.4) is 0 Å². The van der Waals surface area contributed by atoms with Crippen LogP contribution in [0.25, 0.3) is 0 Å². The maximum absolute atomic E-state index is 10.0. The molecule has 0 N–H and O–H groups in total. The van der Waals surface area contributed by atoms with Crippen LogP contribution in [-0.2, 0) is 24.1 Å². The summed E-state index contributed by atoms with van der Waals surface area (Å²) in [5, 5.41) is 10.0. The molecule has 2 aliphatic rings. The van der Waals surface area contributed by atoms with E-state index in [1.54, 1.807) is 0 Å². The molecule has 2 aromatic carbocycles. The number of fused-ring (bicyclic) bond motifs is 2. The molecule has 5 rings (SSSR count). The van der Waals surface area contributed by atoms with Gasteiger partial charge in [-0.2, -0.15) is 5.26 Å². The lowest BCUT2D eigenvalue weighted by atomic mass is 10.00. The first-order chi connectivity index (χ1) is 15.2. The lowest BCUT2D eigenvalue weighted by Crippen LogP contribution is -2.35. The number of nitrogens with zero attached hydrogens (tertiary/aromatic N) is 4. The van der Waals surface area contributed by atoms with E-state index in [0.29, 0.717) is 12.1 Å². The second-order valence-corrected chi connectivity index (χ2v) is 8.66. The van der Waals surface area contributed by atoms with E-state index in [9.17, 15) is 5.26 Å². The summed E-state index contributed by atoms with van der Waals surface area (Å²) in [6, 6.07) is 21.2. The van der Waals surface area contributed by atoms with Gasteiger partial charge in [0.25, 0.3) is 0 Å². The maximum atomic E-state index is 10.0. The Morgan fingerprint density at radius 2 is 1.77 bits per heavy atom. The van der Waals surface area contributed by atoms with E-state index < -0.39 is 0 Å². The maximum Gasteiger partial charge on any atom is 0.144 e. The van der Waals surface area contributed by atoms with Crippen LogP contribution in [0.1, 0.15) is 52.8 Å². The fourth-order valence-electron chi connectivity index (χ4n) is 4.82. The van der Waals surface area contributed by atoms with Gasteiger partial charge in [-0.15, -0.1) is 0 Å². The van der Waals surface area contributed by atoms with E-state index in [-0.39, 0.29) is 12.2 Å². The first-order valence-electron chi connectivity index (χ1n) is 11.2. The molecule has 1 atom stereocenters. The van der Waals surface area contributed by atoms with Gasteiger partial charge in [0.1, 0.15) is 23.7 Å². The van der Waals surface area contributed by atoms with Crippen molar-refractivity contribution in [3.63, 3.8) is 0 Å². The van der Waals surface area contributed by atoms with Crippen LogP contribution in [0, 0.1) is 11.3 Å². The molecule has 3 heterocycles. The van der Waals surface area contributed by atoms with Gasteiger partial charge in [0.2, 0.25) is 0 Å². The van der Waals surface area contributed by atoms with Crippen LogP contribution >= 0.6 is 0 Å². The summed E-state index contributed by atoms with van der Waals surface area (Å²) in [5.74, 6) is 0.881. The Morgan fingerprint density at radius 3 is 2.55 bits per heavy atom. The smallest absolute Gasteiger partial charge is 0.144 e. The van der Waals surface area contributed by atoms with Gasteiger partial charge in [0.05, 0.1) is 11.8 Å². The standard InChI is InChI=1S/C26H28N4O/c1-29-14-12-21(13-15-29)31-25-22-10-6-5-9-20(22)11-16-30-24(18-27)23(28-26(25)30)17-19-7-3-2-4-8-19/h2-10,21,25H,11-17H2,1H3. The van der Waals surface area contributed by atoms with E-state index >= 15 is 0 Å². The molecule has 31 heavy (non-hydrogen) atoms. The van der Waals surface area contributed by atoms with Crippen LogP contribution in [0.15, 0.2) is 54.6 Å². The zero-order valence-electron chi connectivity index (χ0n) is 18.0. The second kappa shape index (κ2) is 8.66. The summed E-state index contributed by atoms with van der Waals surface area (Å²) < 4.78 is 8.87. The number of piperidine rings is 1. The van der Waals surface area contributed by atoms with Crippen molar-refractivity contribution in [3.05, 3.63) is 88.5 Å². The number of hydrogen-bond acceptors (Lipinski definition) is 4. The van der Waals surface area contributed by atoms with Crippen molar-refractivity contribution in [3.8, 4) is 6.07 Å². The fourth-order valence-corrected chi connectivity index (χ4v) is 4.82. The van der Waals surface area contributed by atoms with E-state index in [0.717, 1.165) is 50.4 Å². The van der Waals surface area contributed by atoms with Gasteiger partial charge in [0, 0.05) is 26.1 Å². The molecule has 1 fully saturated rings. The zero-order valence-corrected chi connectivity index (χ0v) is 18.0. The molecule has 0 spiro atoms. The summed E-state index contributed by atoms with van der Waals surface area (Å²) in [7, 11) is 2.17. The molecule has 1 unspecified atom stereocenters.